The lowest BCUT2D eigenvalue weighted by atomic mass is 9.99. The third-order valence-electron chi connectivity index (χ3n) is 3.60. The lowest BCUT2D eigenvalue weighted by Gasteiger charge is -2.29. The molecular formula is C16H14ClNOS. The number of carbonyl (C=O) groups is 1. The number of hydrogen-bond donors (Lipinski definition) is 1. The molecule has 1 amide bonds. The number of carbonyl (C=O) groups excluding carboxylic acids is 1. The Balaban J connectivity index is 1.88. The van der Waals surface area contributed by atoms with Crippen molar-refractivity contribution in [2.24, 2.45) is 0 Å². The molecule has 2 aromatic rings. The first-order valence-electron chi connectivity index (χ1n) is 6.50. The number of rotatable bonds is 1. The Morgan fingerprint density at radius 1 is 1.15 bits per heavy atom. The van der Waals surface area contributed by atoms with E-state index in [4.69, 9.17) is 11.6 Å². The zero-order valence-electron chi connectivity index (χ0n) is 10.8. The minimum Gasteiger partial charge on any atom is -0.334 e. The van der Waals surface area contributed by atoms with E-state index in [0.29, 0.717) is 17.1 Å². The molecule has 0 aliphatic carbocycles. The standard InChI is InChI=1S/C16H14ClNOS/c17-15-6-5-13(20)9-14(15)16(19)18-8-7-11-3-1-2-4-12(11)10-18/h1-6,9,20H,7-8,10H2. The monoisotopic (exact) mass is 303 g/mol. The summed E-state index contributed by atoms with van der Waals surface area (Å²) in [5.41, 5.74) is 3.06. The summed E-state index contributed by atoms with van der Waals surface area (Å²) in [5.74, 6) is -0.0274. The zero-order valence-corrected chi connectivity index (χ0v) is 12.5. The van der Waals surface area contributed by atoms with Crippen molar-refractivity contribution < 1.29 is 4.79 Å². The molecule has 2 aromatic carbocycles. The topological polar surface area (TPSA) is 20.3 Å². The van der Waals surface area contributed by atoms with E-state index in [1.807, 2.05) is 17.0 Å². The molecule has 0 fully saturated rings. The van der Waals surface area contributed by atoms with Gasteiger partial charge in [0, 0.05) is 18.0 Å². The van der Waals surface area contributed by atoms with Gasteiger partial charge in [0.1, 0.15) is 0 Å². The Bertz CT molecular complexity index is 671. The summed E-state index contributed by atoms with van der Waals surface area (Å²) in [4.78, 5) is 15.2. The first-order chi connectivity index (χ1) is 9.65. The Morgan fingerprint density at radius 2 is 1.90 bits per heavy atom. The molecule has 3 rings (SSSR count). The highest BCUT2D eigenvalue weighted by molar-refractivity contribution is 7.80. The van der Waals surface area contributed by atoms with Gasteiger partial charge in [-0.3, -0.25) is 4.79 Å². The fourth-order valence-corrected chi connectivity index (χ4v) is 2.92. The van der Waals surface area contributed by atoms with E-state index in [9.17, 15) is 4.79 Å². The molecule has 4 heteroatoms. The van der Waals surface area contributed by atoms with Crippen molar-refractivity contribution in [3.05, 3.63) is 64.2 Å². The molecule has 0 unspecified atom stereocenters. The van der Waals surface area contributed by atoms with Gasteiger partial charge in [-0.05, 0) is 35.7 Å². The van der Waals surface area contributed by atoms with Crippen LogP contribution in [0.25, 0.3) is 0 Å². The van der Waals surface area contributed by atoms with Crippen molar-refractivity contribution in [2.45, 2.75) is 17.9 Å². The molecule has 0 radical (unpaired) electrons. The fraction of sp³-hybridized carbons (Fsp3) is 0.188. The van der Waals surface area contributed by atoms with Gasteiger partial charge in [0.25, 0.3) is 5.91 Å². The lowest BCUT2D eigenvalue weighted by molar-refractivity contribution is 0.0734. The van der Waals surface area contributed by atoms with Crippen LogP contribution < -0.4 is 0 Å². The van der Waals surface area contributed by atoms with E-state index in [1.165, 1.54) is 11.1 Å². The molecule has 1 heterocycles. The molecule has 0 aromatic heterocycles. The minimum atomic E-state index is -0.0274. The highest BCUT2D eigenvalue weighted by Crippen LogP contribution is 2.25. The molecule has 0 bridgehead atoms. The quantitative estimate of drug-likeness (QED) is 0.794. The summed E-state index contributed by atoms with van der Waals surface area (Å²) in [7, 11) is 0. The molecule has 0 saturated carbocycles. The molecule has 1 aliphatic heterocycles. The maximum Gasteiger partial charge on any atom is 0.255 e. The Hall–Kier alpha value is -1.45. The molecule has 20 heavy (non-hydrogen) atoms. The second kappa shape index (κ2) is 5.51. The summed E-state index contributed by atoms with van der Waals surface area (Å²) >= 11 is 10.4. The lowest BCUT2D eigenvalue weighted by Crippen LogP contribution is -2.36. The van der Waals surface area contributed by atoms with Gasteiger partial charge < -0.3 is 4.90 Å². The van der Waals surface area contributed by atoms with Crippen molar-refractivity contribution >= 4 is 30.1 Å². The van der Waals surface area contributed by atoms with E-state index in [1.54, 1.807) is 18.2 Å². The maximum absolute atomic E-state index is 12.6. The first kappa shape index (κ1) is 13.5. The number of thiol groups is 1. The van der Waals surface area contributed by atoms with Gasteiger partial charge in [0.05, 0.1) is 10.6 Å². The fourth-order valence-electron chi connectivity index (χ4n) is 2.52. The number of benzene rings is 2. The number of nitrogens with zero attached hydrogens (tertiary/aromatic N) is 1. The SMILES string of the molecule is O=C(c1cc(S)ccc1Cl)N1CCc2ccccc2C1. The van der Waals surface area contributed by atoms with Crippen molar-refractivity contribution in [1.29, 1.82) is 0 Å². The van der Waals surface area contributed by atoms with Crippen LogP contribution in [-0.4, -0.2) is 17.4 Å². The number of hydrogen-bond acceptors (Lipinski definition) is 2. The molecule has 2 nitrogen and oxygen atoms in total. The Labute approximate surface area is 128 Å². The molecular weight excluding hydrogens is 290 g/mol. The van der Waals surface area contributed by atoms with Crippen molar-refractivity contribution in [3.8, 4) is 0 Å². The van der Waals surface area contributed by atoms with Crippen molar-refractivity contribution in [1.82, 2.24) is 4.90 Å². The summed E-state index contributed by atoms with van der Waals surface area (Å²) in [5, 5.41) is 0.478. The summed E-state index contributed by atoms with van der Waals surface area (Å²) in [6.45, 7) is 1.37. The molecule has 0 N–H and O–H groups in total. The smallest absolute Gasteiger partial charge is 0.255 e. The van der Waals surface area contributed by atoms with Crippen molar-refractivity contribution in [3.63, 3.8) is 0 Å². The third kappa shape index (κ3) is 2.56. The molecule has 0 atom stereocenters. The number of halogens is 1. The second-order valence-electron chi connectivity index (χ2n) is 4.91. The molecule has 0 saturated heterocycles. The van der Waals surface area contributed by atoms with Crippen molar-refractivity contribution in [2.75, 3.05) is 6.54 Å². The van der Waals surface area contributed by atoms with Gasteiger partial charge >= 0.3 is 0 Å². The van der Waals surface area contributed by atoms with E-state index in [2.05, 4.69) is 24.8 Å². The highest BCUT2D eigenvalue weighted by atomic mass is 35.5. The second-order valence-corrected chi connectivity index (χ2v) is 5.83. The first-order valence-corrected chi connectivity index (χ1v) is 7.32. The number of amides is 1. The van der Waals surface area contributed by atoms with Gasteiger partial charge in [-0.2, -0.15) is 0 Å². The molecule has 102 valence electrons. The van der Waals surface area contributed by atoms with Gasteiger partial charge in [0.2, 0.25) is 0 Å². The van der Waals surface area contributed by atoms with Gasteiger partial charge in [-0.15, -0.1) is 12.6 Å². The largest absolute Gasteiger partial charge is 0.334 e. The van der Waals surface area contributed by atoms with Crippen LogP contribution >= 0.6 is 24.2 Å². The van der Waals surface area contributed by atoms with E-state index < -0.39 is 0 Å². The van der Waals surface area contributed by atoms with E-state index in [0.717, 1.165) is 17.9 Å². The Kier molecular flexibility index (Phi) is 3.72. The van der Waals surface area contributed by atoms with E-state index in [-0.39, 0.29) is 5.91 Å². The van der Waals surface area contributed by atoms with Gasteiger partial charge in [0.15, 0.2) is 0 Å². The van der Waals surface area contributed by atoms with Crippen LogP contribution in [0.3, 0.4) is 0 Å². The van der Waals surface area contributed by atoms with Crippen LogP contribution in [0.4, 0.5) is 0 Å². The van der Waals surface area contributed by atoms with Crippen LogP contribution in [0, 0.1) is 0 Å². The van der Waals surface area contributed by atoms with Gasteiger partial charge in [-0.25, -0.2) is 0 Å². The van der Waals surface area contributed by atoms with Crippen LogP contribution in [-0.2, 0) is 13.0 Å². The summed E-state index contributed by atoms with van der Waals surface area (Å²) in [6.07, 6.45) is 0.889. The predicted octanol–water partition coefficient (Wildman–Crippen LogP) is 3.83. The zero-order chi connectivity index (χ0) is 14.1. The average Bonchev–Trinajstić information content (AvgIpc) is 2.48. The third-order valence-corrected chi connectivity index (χ3v) is 4.21. The van der Waals surface area contributed by atoms with Crippen LogP contribution in [0.2, 0.25) is 5.02 Å². The predicted molar refractivity (Wildman–Crippen MR) is 83.6 cm³/mol. The minimum absolute atomic E-state index is 0.0274. The van der Waals surface area contributed by atoms with Gasteiger partial charge in [-0.1, -0.05) is 35.9 Å². The summed E-state index contributed by atoms with van der Waals surface area (Å²) in [6, 6.07) is 13.5. The van der Waals surface area contributed by atoms with Crippen LogP contribution in [0.1, 0.15) is 21.5 Å². The van der Waals surface area contributed by atoms with Crippen LogP contribution in [0.15, 0.2) is 47.4 Å². The Morgan fingerprint density at radius 3 is 2.70 bits per heavy atom. The maximum atomic E-state index is 12.6. The average molecular weight is 304 g/mol. The highest BCUT2D eigenvalue weighted by Gasteiger charge is 2.23. The van der Waals surface area contributed by atoms with Crippen LogP contribution in [0.5, 0.6) is 0 Å². The number of fused-ring (bicyclic) bond motifs is 1. The normalized spacial score (nSPS) is 14.0. The molecule has 1 aliphatic rings. The van der Waals surface area contributed by atoms with E-state index >= 15 is 0 Å². The summed E-state index contributed by atoms with van der Waals surface area (Å²) < 4.78 is 0. The molecule has 0 spiro atoms.